The number of hydrogen-bond acceptors (Lipinski definition) is 5. The van der Waals surface area contributed by atoms with Gasteiger partial charge in [-0.25, -0.2) is 0 Å². The summed E-state index contributed by atoms with van der Waals surface area (Å²) in [7, 11) is 2.96. The molecule has 100 valence electrons. The Bertz CT molecular complexity index is 409. The van der Waals surface area contributed by atoms with Gasteiger partial charge in [0.1, 0.15) is 5.75 Å². The van der Waals surface area contributed by atoms with Gasteiger partial charge in [-0.2, -0.15) is 0 Å². The van der Waals surface area contributed by atoms with E-state index in [-0.39, 0.29) is 24.7 Å². The van der Waals surface area contributed by atoms with Crippen LogP contribution in [0.25, 0.3) is 0 Å². The van der Waals surface area contributed by atoms with E-state index in [1.54, 1.807) is 18.2 Å². The van der Waals surface area contributed by atoms with Crippen molar-refractivity contribution < 1.29 is 19.4 Å². The molecule has 1 aromatic rings. The van der Waals surface area contributed by atoms with Crippen LogP contribution in [0.2, 0.25) is 0 Å². The zero-order valence-electron chi connectivity index (χ0n) is 10.5. The first-order valence-corrected chi connectivity index (χ1v) is 5.47. The molecule has 0 aliphatic carbocycles. The maximum absolute atomic E-state index is 11.8. The highest BCUT2D eigenvalue weighted by molar-refractivity contribution is 6.00. The zero-order chi connectivity index (χ0) is 13.5. The number of carbonyl (C=O) groups is 1. The fourth-order valence-corrected chi connectivity index (χ4v) is 1.48. The number of methoxy groups -OCH3 is 2. The largest absolute Gasteiger partial charge is 0.495 e. The van der Waals surface area contributed by atoms with Crippen molar-refractivity contribution in [3.8, 4) is 5.75 Å². The summed E-state index contributed by atoms with van der Waals surface area (Å²) in [4.78, 5) is 11.8. The van der Waals surface area contributed by atoms with Crippen LogP contribution >= 0.6 is 0 Å². The lowest BCUT2D eigenvalue weighted by molar-refractivity contribution is 0.0610. The molecule has 0 fully saturated rings. The van der Waals surface area contributed by atoms with E-state index in [1.165, 1.54) is 14.2 Å². The Balaban J connectivity index is 2.67. The molecule has 1 atom stereocenters. The molecular weight excluding hydrogens is 236 g/mol. The van der Waals surface area contributed by atoms with Gasteiger partial charge in [-0.15, -0.1) is 0 Å². The second-order valence-electron chi connectivity index (χ2n) is 3.74. The van der Waals surface area contributed by atoms with Crippen LogP contribution in [-0.2, 0) is 4.74 Å². The molecule has 0 saturated heterocycles. The van der Waals surface area contributed by atoms with Gasteiger partial charge >= 0.3 is 0 Å². The first kappa shape index (κ1) is 14.3. The van der Waals surface area contributed by atoms with Crippen LogP contribution in [0.3, 0.4) is 0 Å². The van der Waals surface area contributed by atoms with Crippen molar-refractivity contribution in [2.45, 2.75) is 6.10 Å². The third-order valence-electron chi connectivity index (χ3n) is 2.39. The topological polar surface area (TPSA) is 93.8 Å². The van der Waals surface area contributed by atoms with Crippen LogP contribution in [0.4, 0.5) is 5.69 Å². The van der Waals surface area contributed by atoms with Gasteiger partial charge < -0.3 is 25.6 Å². The Labute approximate surface area is 106 Å². The van der Waals surface area contributed by atoms with Gasteiger partial charge in [0.2, 0.25) is 0 Å². The van der Waals surface area contributed by atoms with Crippen LogP contribution < -0.4 is 15.8 Å². The molecule has 6 heteroatoms. The van der Waals surface area contributed by atoms with Gasteiger partial charge in [-0.1, -0.05) is 6.07 Å². The molecule has 1 aromatic carbocycles. The van der Waals surface area contributed by atoms with Crippen molar-refractivity contribution in [2.24, 2.45) is 0 Å². The average molecular weight is 254 g/mol. The van der Waals surface area contributed by atoms with Crippen molar-refractivity contribution >= 4 is 11.6 Å². The van der Waals surface area contributed by atoms with E-state index in [4.69, 9.17) is 15.2 Å². The summed E-state index contributed by atoms with van der Waals surface area (Å²) >= 11 is 0. The molecule has 0 bridgehead atoms. The van der Waals surface area contributed by atoms with Gasteiger partial charge in [-0.05, 0) is 12.1 Å². The fraction of sp³-hybridized carbons (Fsp3) is 0.417. The smallest absolute Gasteiger partial charge is 0.253 e. The number of aliphatic hydroxyl groups is 1. The second kappa shape index (κ2) is 6.83. The summed E-state index contributed by atoms with van der Waals surface area (Å²) in [6.45, 7) is 0.261. The predicted octanol–water partition coefficient (Wildman–Crippen LogP) is 0.0145. The van der Waals surface area contributed by atoms with Crippen LogP contribution in [0.1, 0.15) is 10.4 Å². The van der Waals surface area contributed by atoms with Crippen LogP contribution in [-0.4, -0.2) is 44.5 Å². The second-order valence-corrected chi connectivity index (χ2v) is 3.74. The molecule has 4 N–H and O–H groups in total. The summed E-state index contributed by atoms with van der Waals surface area (Å²) in [6, 6.07) is 4.94. The van der Waals surface area contributed by atoms with E-state index in [0.717, 1.165) is 0 Å². The van der Waals surface area contributed by atoms with Gasteiger partial charge in [0.25, 0.3) is 5.91 Å². The summed E-state index contributed by atoms with van der Waals surface area (Å²) in [5, 5.41) is 12.0. The maximum atomic E-state index is 11.8. The molecule has 1 rings (SSSR count). The molecule has 1 unspecified atom stereocenters. The number of hydrogen-bond donors (Lipinski definition) is 3. The first-order chi connectivity index (χ1) is 8.60. The number of nitrogens with one attached hydrogen (secondary N) is 1. The number of anilines is 1. The highest BCUT2D eigenvalue weighted by Gasteiger charge is 2.14. The number of ether oxygens (including phenoxy) is 2. The van der Waals surface area contributed by atoms with Crippen molar-refractivity contribution in [3.05, 3.63) is 23.8 Å². The van der Waals surface area contributed by atoms with Crippen molar-refractivity contribution in [3.63, 3.8) is 0 Å². The van der Waals surface area contributed by atoms with Crippen molar-refractivity contribution in [1.82, 2.24) is 5.32 Å². The predicted molar refractivity (Wildman–Crippen MR) is 67.6 cm³/mol. The number of aliphatic hydroxyl groups excluding tert-OH is 1. The number of benzene rings is 1. The number of carbonyl (C=O) groups excluding carboxylic acids is 1. The Kier molecular flexibility index (Phi) is 5.41. The minimum Gasteiger partial charge on any atom is -0.495 e. The lowest BCUT2D eigenvalue weighted by atomic mass is 10.1. The minimum atomic E-state index is -0.745. The standard InChI is InChI=1S/C12H18N2O4/c1-17-7-8(15)6-14-12(16)9-4-3-5-10(18-2)11(9)13/h3-5,8,15H,6-7,13H2,1-2H3,(H,14,16). The van der Waals surface area contributed by atoms with E-state index in [0.29, 0.717) is 11.3 Å². The van der Waals surface area contributed by atoms with Gasteiger partial charge in [0.15, 0.2) is 0 Å². The fourth-order valence-electron chi connectivity index (χ4n) is 1.48. The first-order valence-electron chi connectivity index (χ1n) is 5.47. The SMILES string of the molecule is COCC(O)CNC(=O)c1cccc(OC)c1N. The van der Waals surface area contributed by atoms with E-state index in [9.17, 15) is 9.90 Å². The third-order valence-corrected chi connectivity index (χ3v) is 2.39. The Morgan fingerprint density at radius 1 is 1.50 bits per heavy atom. The lowest BCUT2D eigenvalue weighted by Gasteiger charge is -2.13. The van der Waals surface area contributed by atoms with Gasteiger partial charge in [-0.3, -0.25) is 4.79 Å². The van der Waals surface area contributed by atoms with E-state index in [1.807, 2.05) is 0 Å². The van der Waals surface area contributed by atoms with Crippen LogP contribution in [0, 0.1) is 0 Å². The molecule has 0 heterocycles. The quantitative estimate of drug-likeness (QED) is 0.622. The molecule has 0 aliphatic rings. The summed E-state index contributed by atoms with van der Waals surface area (Å²) in [5.41, 5.74) is 6.38. The molecular formula is C12H18N2O4. The molecule has 0 saturated carbocycles. The van der Waals surface area contributed by atoms with E-state index < -0.39 is 6.10 Å². The highest BCUT2D eigenvalue weighted by Crippen LogP contribution is 2.24. The number of para-hydroxylation sites is 1. The number of nitrogen functional groups attached to an aromatic ring is 1. The van der Waals surface area contributed by atoms with E-state index >= 15 is 0 Å². The molecule has 1 amide bonds. The molecule has 0 aliphatic heterocycles. The third kappa shape index (κ3) is 3.61. The molecule has 0 spiro atoms. The maximum Gasteiger partial charge on any atom is 0.253 e. The molecule has 18 heavy (non-hydrogen) atoms. The highest BCUT2D eigenvalue weighted by atomic mass is 16.5. The number of nitrogens with two attached hydrogens (primary N) is 1. The van der Waals surface area contributed by atoms with E-state index in [2.05, 4.69) is 5.32 Å². The molecule has 0 radical (unpaired) electrons. The van der Waals surface area contributed by atoms with Gasteiger partial charge in [0, 0.05) is 13.7 Å². The number of amides is 1. The Morgan fingerprint density at radius 2 is 2.22 bits per heavy atom. The Hall–Kier alpha value is -1.79. The minimum absolute atomic E-state index is 0.101. The van der Waals surface area contributed by atoms with Gasteiger partial charge in [0.05, 0.1) is 31.1 Å². The zero-order valence-corrected chi connectivity index (χ0v) is 10.5. The summed E-state index contributed by atoms with van der Waals surface area (Å²) < 4.78 is 9.78. The average Bonchev–Trinajstić information content (AvgIpc) is 2.36. The van der Waals surface area contributed by atoms with Crippen molar-refractivity contribution in [2.75, 3.05) is 33.1 Å². The van der Waals surface area contributed by atoms with Crippen LogP contribution in [0.15, 0.2) is 18.2 Å². The van der Waals surface area contributed by atoms with Crippen LogP contribution in [0.5, 0.6) is 5.75 Å². The normalized spacial score (nSPS) is 11.9. The Morgan fingerprint density at radius 3 is 2.83 bits per heavy atom. The molecule has 6 nitrogen and oxygen atoms in total. The monoisotopic (exact) mass is 254 g/mol. The summed E-state index contributed by atoms with van der Waals surface area (Å²) in [6.07, 6.45) is -0.745. The lowest BCUT2D eigenvalue weighted by Crippen LogP contribution is -2.34. The summed E-state index contributed by atoms with van der Waals surface area (Å²) in [5.74, 6) is 0.0849. The van der Waals surface area contributed by atoms with Crippen molar-refractivity contribution in [1.29, 1.82) is 0 Å². The molecule has 0 aromatic heterocycles. The number of rotatable bonds is 6.